The van der Waals surface area contributed by atoms with Crippen molar-refractivity contribution in [3.63, 3.8) is 0 Å². The van der Waals surface area contributed by atoms with Gasteiger partial charge in [-0.15, -0.1) is 0 Å². The number of hydrogen-bond donors (Lipinski definition) is 1. The second-order valence-electron chi connectivity index (χ2n) is 3.02. The number of benzene rings is 1. The maximum Gasteiger partial charge on any atom is 0.174 e. The summed E-state index contributed by atoms with van der Waals surface area (Å²) in [7, 11) is 1.56. The van der Waals surface area contributed by atoms with Crippen LogP contribution in [0, 0.1) is 22.7 Å². The van der Waals surface area contributed by atoms with E-state index in [4.69, 9.17) is 21.0 Å². The molecule has 0 atom stereocenters. The topological polar surface area (TPSA) is 95.2 Å². The molecule has 1 rings (SSSR count). The molecule has 0 aliphatic carbocycles. The second-order valence-corrected chi connectivity index (χ2v) is 3.02. The van der Waals surface area contributed by atoms with Crippen molar-refractivity contribution < 1.29 is 4.74 Å². The molecule has 17 heavy (non-hydrogen) atoms. The van der Waals surface area contributed by atoms with Crippen LogP contribution >= 0.6 is 0 Å². The highest BCUT2D eigenvalue weighted by Gasteiger charge is 1.99. The molecule has 0 unspecified atom stereocenters. The summed E-state index contributed by atoms with van der Waals surface area (Å²) in [5, 5.41) is 17.3. The molecule has 0 aliphatic rings. The first-order chi connectivity index (χ1) is 8.21. The highest BCUT2D eigenvalue weighted by Crippen LogP contribution is 2.11. The van der Waals surface area contributed by atoms with Crippen LogP contribution in [0.25, 0.3) is 0 Å². The molecule has 0 bridgehead atoms. The summed E-state index contributed by atoms with van der Waals surface area (Å²) in [6, 6.07) is 10.6. The average Bonchev–Trinajstić information content (AvgIpc) is 2.39. The van der Waals surface area contributed by atoms with Crippen molar-refractivity contribution in [3.8, 4) is 17.9 Å². The van der Waals surface area contributed by atoms with Crippen molar-refractivity contribution >= 4 is 6.21 Å². The van der Waals surface area contributed by atoms with E-state index in [0.717, 1.165) is 5.56 Å². The normalized spacial score (nSPS) is 11.5. The molecule has 0 heterocycles. The fourth-order valence-corrected chi connectivity index (χ4v) is 1.07. The molecule has 0 radical (unpaired) electrons. The summed E-state index contributed by atoms with van der Waals surface area (Å²) in [4.78, 5) is 3.85. The Morgan fingerprint density at radius 1 is 1.41 bits per heavy atom. The summed E-state index contributed by atoms with van der Waals surface area (Å²) in [5.74, 6) is 0.685. The van der Waals surface area contributed by atoms with Gasteiger partial charge in [-0.05, 0) is 17.7 Å². The van der Waals surface area contributed by atoms with Crippen LogP contribution in [0.3, 0.4) is 0 Å². The average molecular weight is 226 g/mol. The monoisotopic (exact) mass is 226 g/mol. The zero-order valence-corrected chi connectivity index (χ0v) is 9.21. The lowest BCUT2D eigenvalue weighted by Gasteiger charge is -1.99. The molecule has 1 aromatic carbocycles. The Morgan fingerprint density at radius 3 is 2.76 bits per heavy atom. The maximum absolute atomic E-state index is 8.73. The number of allylic oxidation sites excluding steroid dienone is 2. The third-order valence-electron chi connectivity index (χ3n) is 1.92. The van der Waals surface area contributed by atoms with Gasteiger partial charge in [-0.3, -0.25) is 0 Å². The van der Waals surface area contributed by atoms with Gasteiger partial charge in [0, 0.05) is 6.21 Å². The van der Waals surface area contributed by atoms with Gasteiger partial charge in [0.15, 0.2) is 5.70 Å². The van der Waals surface area contributed by atoms with Crippen LogP contribution in [0.2, 0.25) is 0 Å². The third kappa shape index (κ3) is 3.37. The van der Waals surface area contributed by atoms with Crippen LogP contribution in [0.5, 0.6) is 5.75 Å². The first-order valence-electron chi connectivity index (χ1n) is 4.69. The lowest BCUT2D eigenvalue weighted by atomic mass is 10.2. The molecule has 84 valence electrons. The largest absolute Gasteiger partial charge is 0.497 e. The maximum atomic E-state index is 8.73. The van der Waals surface area contributed by atoms with Crippen LogP contribution < -0.4 is 10.5 Å². The van der Waals surface area contributed by atoms with Crippen LogP contribution in [0.1, 0.15) is 5.56 Å². The molecule has 0 spiro atoms. The second kappa shape index (κ2) is 5.94. The van der Waals surface area contributed by atoms with Crippen molar-refractivity contribution in [2.75, 3.05) is 7.11 Å². The predicted molar refractivity (Wildman–Crippen MR) is 63.0 cm³/mol. The first-order valence-corrected chi connectivity index (χ1v) is 4.69. The van der Waals surface area contributed by atoms with Gasteiger partial charge in [-0.1, -0.05) is 12.1 Å². The number of nitriles is 2. The Bertz CT molecular complexity index is 546. The molecule has 5 nitrogen and oxygen atoms in total. The van der Waals surface area contributed by atoms with Gasteiger partial charge in [0.2, 0.25) is 0 Å². The fourth-order valence-electron chi connectivity index (χ4n) is 1.07. The number of hydrogen-bond acceptors (Lipinski definition) is 5. The highest BCUT2D eigenvalue weighted by atomic mass is 16.5. The van der Waals surface area contributed by atoms with Crippen LogP contribution in [-0.4, -0.2) is 13.3 Å². The van der Waals surface area contributed by atoms with E-state index in [1.165, 1.54) is 6.21 Å². The molecule has 0 aromatic heterocycles. The molecule has 1 aromatic rings. The van der Waals surface area contributed by atoms with E-state index < -0.39 is 0 Å². The number of rotatable bonds is 3. The summed E-state index contributed by atoms with van der Waals surface area (Å²) in [6.07, 6.45) is 1.45. The molecular formula is C12H10N4O. The van der Waals surface area contributed by atoms with E-state index >= 15 is 0 Å². The predicted octanol–water partition coefficient (Wildman–Crippen LogP) is 1.33. The van der Waals surface area contributed by atoms with Crippen molar-refractivity contribution in [2.24, 2.45) is 10.7 Å². The minimum absolute atomic E-state index is 0.102. The van der Waals surface area contributed by atoms with Gasteiger partial charge >= 0.3 is 0 Å². The standard InChI is InChI=1S/C12H10N4O/c1-17-10-4-2-3-9(5-10)8-16-12(7-14)11(15)6-13/h2-5,8H,15H2,1H3. The molecule has 2 N–H and O–H groups in total. The summed E-state index contributed by atoms with van der Waals surface area (Å²) >= 11 is 0. The number of methoxy groups -OCH3 is 1. The van der Waals surface area contributed by atoms with Crippen LogP contribution in [0.15, 0.2) is 40.7 Å². The quantitative estimate of drug-likeness (QED) is 0.621. The number of nitrogens with zero attached hydrogens (tertiary/aromatic N) is 3. The molecule has 0 aliphatic heterocycles. The van der Waals surface area contributed by atoms with Gasteiger partial charge in [0.25, 0.3) is 0 Å². The smallest absolute Gasteiger partial charge is 0.174 e. The molecule has 0 amide bonds. The van der Waals surface area contributed by atoms with E-state index in [-0.39, 0.29) is 11.4 Å². The summed E-state index contributed by atoms with van der Waals surface area (Å²) in [6.45, 7) is 0. The third-order valence-corrected chi connectivity index (χ3v) is 1.92. The SMILES string of the molecule is COc1cccc(C=NC(C#N)=C(N)C#N)c1. The van der Waals surface area contributed by atoms with Gasteiger partial charge in [0.05, 0.1) is 7.11 Å². The first kappa shape index (κ1) is 12.3. The van der Waals surface area contributed by atoms with Crippen molar-refractivity contribution in [1.29, 1.82) is 10.5 Å². The summed E-state index contributed by atoms with van der Waals surface area (Å²) in [5.41, 5.74) is 5.75. The van der Waals surface area contributed by atoms with E-state index in [1.807, 2.05) is 0 Å². The minimum atomic E-state index is -0.202. The lowest BCUT2D eigenvalue weighted by molar-refractivity contribution is 0.415. The fraction of sp³-hybridized carbons (Fsp3) is 0.0833. The van der Waals surface area contributed by atoms with Crippen molar-refractivity contribution in [3.05, 3.63) is 41.2 Å². The lowest BCUT2D eigenvalue weighted by Crippen LogP contribution is -1.97. The number of nitrogens with two attached hydrogens (primary N) is 1. The Morgan fingerprint density at radius 2 is 2.18 bits per heavy atom. The Kier molecular flexibility index (Phi) is 4.29. The van der Waals surface area contributed by atoms with E-state index in [9.17, 15) is 0 Å². The molecule has 0 saturated carbocycles. The van der Waals surface area contributed by atoms with Crippen molar-refractivity contribution in [2.45, 2.75) is 0 Å². The van der Waals surface area contributed by atoms with Crippen molar-refractivity contribution in [1.82, 2.24) is 0 Å². The summed E-state index contributed by atoms with van der Waals surface area (Å²) < 4.78 is 5.04. The highest BCUT2D eigenvalue weighted by molar-refractivity contribution is 5.81. The van der Waals surface area contributed by atoms with Crippen LogP contribution in [0.4, 0.5) is 0 Å². The zero-order chi connectivity index (χ0) is 12.7. The van der Waals surface area contributed by atoms with Gasteiger partial charge in [-0.2, -0.15) is 10.5 Å². The molecular weight excluding hydrogens is 216 g/mol. The zero-order valence-electron chi connectivity index (χ0n) is 9.21. The Hall–Kier alpha value is -2.79. The molecule has 0 saturated heterocycles. The van der Waals surface area contributed by atoms with Gasteiger partial charge < -0.3 is 10.5 Å². The van der Waals surface area contributed by atoms with E-state index in [1.54, 1.807) is 43.5 Å². The molecule has 5 heteroatoms. The Labute approximate surface area is 99.1 Å². The minimum Gasteiger partial charge on any atom is -0.497 e. The Balaban J connectivity index is 2.99. The van der Waals surface area contributed by atoms with Gasteiger partial charge in [-0.25, -0.2) is 4.99 Å². The van der Waals surface area contributed by atoms with Gasteiger partial charge in [0.1, 0.15) is 23.6 Å². The van der Waals surface area contributed by atoms with E-state index in [2.05, 4.69) is 4.99 Å². The van der Waals surface area contributed by atoms with Crippen LogP contribution in [-0.2, 0) is 0 Å². The molecule has 0 fully saturated rings. The van der Waals surface area contributed by atoms with E-state index in [0.29, 0.717) is 5.75 Å². The number of aliphatic imine (C=N–C) groups is 1. The number of ether oxygens (including phenoxy) is 1.